The predicted molar refractivity (Wildman–Crippen MR) is 118 cm³/mol. The fraction of sp³-hybridized carbons (Fsp3) is 0.160. The molecule has 3 rings (SSSR count). The molecule has 31 heavy (non-hydrogen) atoms. The Balaban J connectivity index is 1.39. The zero-order valence-electron chi connectivity index (χ0n) is 17.3. The number of hydrogen-bond donors (Lipinski definition) is 2. The van der Waals surface area contributed by atoms with Gasteiger partial charge in [0.15, 0.2) is 12.4 Å². The summed E-state index contributed by atoms with van der Waals surface area (Å²) in [4.78, 5) is 36.1. The predicted octanol–water partition coefficient (Wildman–Crippen LogP) is 3.85. The Bertz CT molecular complexity index is 1050. The molecule has 2 N–H and O–H groups in total. The van der Waals surface area contributed by atoms with Gasteiger partial charge in [0.1, 0.15) is 5.75 Å². The van der Waals surface area contributed by atoms with Crippen LogP contribution in [0.3, 0.4) is 0 Å². The highest BCUT2D eigenvalue weighted by Crippen LogP contribution is 2.20. The van der Waals surface area contributed by atoms with Crippen LogP contribution in [-0.2, 0) is 9.59 Å². The maximum Gasteiger partial charge on any atom is 0.276 e. The molecule has 0 aliphatic carbocycles. The van der Waals surface area contributed by atoms with Crippen LogP contribution in [0.1, 0.15) is 28.8 Å². The summed E-state index contributed by atoms with van der Waals surface area (Å²) < 4.78 is 5.41. The van der Waals surface area contributed by atoms with Gasteiger partial charge in [0.25, 0.3) is 5.91 Å². The van der Waals surface area contributed by atoms with Gasteiger partial charge in [0, 0.05) is 18.4 Å². The molecule has 0 fully saturated rings. The Morgan fingerprint density at radius 2 is 1.32 bits per heavy atom. The summed E-state index contributed by atoms with van der Waals surface area (Å²) in [6.45, 7) is 1.65. The monoisotopic (exact) mass is 416 g/mol. The highest BCUT2D eigenvalue weighted by molar-refractivity contribution is 5.98. The number of amides is 2. The standard InChI is InChI=1S/C25H24N2O4/c1-18-7-5-6-10-23(18)31-17-25(30)27-26-24(29)16-15-22(28)21-13-11-20(12-14-21)19-8-3-2-4-9-19/h2-14H,15-17H2,1H3,(H,26,29)(H,27,30). The fourth-order valence-electron chi connectivity index (χ4n) is 2.95. The van der Waals surface area contributed by atoms with Gasteiger partial charge in [-0.2, -0.15) is 0 Å². The second-order valence-corrected chi connectivity index (χ2v) is 7.02. The first-order valence-corrected chi connectivity index (χ1v) is 9.98. The third-order valence-corrected chi connectivity index (χ3v) is 4.69. The molecular weight excluding hydrogens is 392 g/mol. The van der Waals surface area contributed by atoms with Crippen molar-refractivity contribution in [3.63, 3.8) is 0 Å². The summed E-state index contributed by atoms with van der Waals surface area (Å²) in [5.74, 6) is -0.463. The molecule has 0 bridgehead atoms. The van der Waals surface area contributed by atoms with Gasteiger partial charge in [-0.15, -0.1) is 0 Å². The van der Waals surface area contributed by atoms with Crippen LogP contribution < -0.4 is 15.6 Å². The van der Waals surface area contributed by atoms with E-state index in [9.17, 15) is 14.4 Å². The quantitative estimate of drug-likeness (QED) is 0.432. The number of hydrazine groups is 1. The van der Waals surface area contributed by atoms with Crippen LogP contribution in [0.4, 0.5) is 0 Å². The minimum atomic E-state index is -0.487. The van der Waals surface area contributed by atoms with Crippen LogP contribution in [0.25, 0.3) is 11.1 Å². The van der Waals surface area contributed by atoms with Gasteiger partial charge in [-0.3, -0.25) is 25.2 Å². The fourth-order valence-corrected chi connectivity index (χ4v) is 2.95. The lowest BCUT2D eigenvalue weighted by molar-refractivity contribution is -0.130. The van der Waals surface area contributed by atoms with Crippen molar-refractivity contribution in [1.29, 1.82) is 0 Å². The van der Waals surface area contributed by atoms with Crippen molar-refractivity contribution < 1.29 is 19.1 Å². The van der Waals surface area contributed by atoms with Crippen LogP contribution in [0.2, 0.25) is 0 Å². The summed E-state index contributed by atoms with van der Waals surface area (Å²) in [6, 6.07) is 24.5. The molecule has 0 unspecified atom stereocenters. The molecule has 158 valence electrons. The van der Waals surface area contributed by atoms with Crippen molar-refractivity contribution in [2.45, 2.75) is 19.8 Å². The number of nitrogens with one attached hydrogen (secondary N) is 2. The van der Waals surface area contributed by atoms with Gasteiger partial charge < -0.3 is 4.74 Å². The Hall–Kier alpha value is -3.93. The van der Waals surface area contributed by atoms with Crippen molar-refractivity contribution in [2.24, 2.45) is 0 Å². The number of benzene rings is 3. The van der Waals surface area contributed by atoms with Crippen LogP contribution in [0.15, 0.2) is 78.9 Å². The molecule has 6 nitrogen and oxygen atoms in total. The Morgan fingerprint density at radius 3 is 2.03 bits per heavy atom. The number of hydrogen-bond acceptors (Lipinski definition) is 4. The van der Waals surface area contributed by atoms with E-state index < -0.39 is 11.8 Å². The summed E-state index contributed by atoms with van der Waals surface area (Å²) in [6.07, 6.45) is 0.0182. The Labute approximate surface area is 181 Å². The number of carbonyl (C=O) groups is 3. The first-order valence-electron chi connectivity index (χ1n) is 9.98. The van der Waals surface area contributed by atoms with E-state index in [0.717, 1.165) is 16.7 Å². The zero-order chi connectivity index (χ0) is 22.1. The molecule has 0 saturated carbocycles. The second-order valence-electron chi connectivity index (χ2n) is 7.02. The van der Waals surface area contributed by atoms with Crippen LogP contribution >= 0.6 is 0 Å². The number of Topliss-reactive ketones (excluding diaryl/α,β-unsaturated/α-hetero) is 1. The average Bonchev–Trinajstić information content (AvgIpc) is 2.81. The minimum Gasteiger partial charge on any atom is -0.483 e. The Kier molecular flexibility index (Phi) is 7.54. The van der Waals surface area contributed by atoms with Crippen LogP contribution in [0, 0.1) is 6.92 Å². The number of carbonyl (C=O) groups excluding carboxylic acids is 3. The number of aryl methyl sites for hydroxylation is 1. The lowest BCUT2D eigenvalue weighted by atomic mass is 10.0. The van der Waals surface area contributed by atoms with Crippen molar-refractivity contribution in [1.82, 2.24) is 10.9 Å². The van der Waals surface area contributed by atoms with E-state index in [-0.39, 0.29) is 25.2 Å². The molecule has 0 spiro atoms. The highest BCUT2D eigenvalue weighted by Gasteiger charge is 2.11. The number of rotatable bonds is 8. The molecule has 3 aromatic rings. The van der Waals surface area contributed by atoms with Crippen molar-refractivity contribution in [2.75, 3.05) is 6.61 Å². The third-order valence-electron chi connectivity index (χ3n) is 4.69. The number of ether oxygens (including phenoxy) is 1. The van der Waals surface area contributed by atoms with E-state index in [1.807, 2.05) is 67.6 Å². The Morgan fingerprint density at radius 1 is 0.710 bits per heavy atom. The van der Waals surface area contributed by atoms with Gasteiger partial charge in [-0.25, -0.2) is 0 Å². The molecule has 0 aromatic heterocycles. The second kappa shape index (κ2) is 10.7. The average molecular weight is 416 g/mol. The van der Waals surface area contributed by atoms with E-state index in [0.29, 0.717) is 11.3 Å². The van der Waals surface area contributed by atoms with Gasteiger partial charge in [-0.05, 0) is 29.7 Å². The van der Waals surface area contributed by atoms with Gasteiger partial charge in [0.05, 0.1) is 0 Å². The molecule has 0 saturated heterocycles. The molecule has 0 radical (unpaired) electrons. The molecule has 2 amide bonds. The number of para-hydroxylation sites is 1. The SMILES string of the molecule is Cc1ccccc1OCC(=O)NNC(=O)CCC(=O)c1ccc(-c2ccccc2)cc1. The third kappa shape index (κ3) is 6.54. The molecule has 0 aliphatic rings. The van der Waals surface area contributed by atoms with Crippen LogP contribution in [-0.4, -0.2) is 24.2 Å². The van der Waals surface area contributed by atoms with Crippen LogP contribution in [0.5, 0.6) is 5.75 Å². The van der Waals surface area contributed by atoms with Crippen molar-refractivity contribution in [3.05, 3.63) is 90.0 Å². The van der Waals surface area contributed by atoms with Crippen molar-refractivity contribution >= 4 is 17.6 Å². The first-order chi connectivity index (χ1) is 15.0. The van der Waals surface area contributed by atoms with E-state index >= 15 is 0 Å². The lowest BCUT2D eigenvalue weighted by Gasteiger charge is -2.10. The molecule has 0 heterocycles. The van der Waals surface area contributed by atoms with Gasteiger partial charge in [0.2, 0.25) is 5.91 Å². The van der Waals surface area contributed by atoms with Gasteiger partial charge in [-0.1, -0.05) is 72.8 Å². The first kappa shape index (κ1) is 21.8. The normalized spacial score (nSPS) is 10.2. The zero-order valence-corrected chi connectivity index (χ0v) is 17.3. The summed E-state index contributed by atoms with van der Waals surface area (Å²) in [5.41, 5.74) is 8.13. The smallest absolute Gasteiger partial charge is 0.276 e. The number of ketones is 1. The lowest BCUT2D eigenvalue weighted by Crippen LogP contribution is -2.43. The summed E-state index contributed by atoms with van der Waals surface area (Å²) in [7, 11) is 0. The van der Waals surface area contributed by atoms with E-state index in [2.05, 4.69) is 10.9 Å². The van der Waals surface area contributed by atoms with Gasteiger partial charge >= 0.3 is 0 Å². The molecular formula is C25H24N2O4. The maximum atomic E-state index is 12.3. The van der Waals surface area contributed by atoms with E-state index in [1.54, 1.807) is 18.2 Å². The van der Waals surface area contributed by atoms with Crippen molar-refractivity contribution in [3.8, 4) is 16.9 Å². The molecule has 6 heteroatoms. The molecule has 3 aromatic carbocycles. The van der Waals surface area contributed by atoms with E-state index in [1.165, 1.54) is 0 Å². The van der Waals surface area contributed by atoms with E-state index in [4.69, 9.17) is 4.74 Å². The minimum absolute atomic E-state index is 0.0296. The largest absolute Gasteiger partial charge is 0.483 e. The summed E-state index contributed by atoms with van der Waals surface area (Å²) in [5, 5.41) is 0. The highest BCUT2D eigenvalue weighted by atomic mass is 16.5. The summed E-state index contributed by atoms with van der Waals surface area (Å²) >= 11 is 0. The maximum absolute atomic E-state index is 12.3. The molecule has 0 atom stereocenters. The topological polar surface area (TPSA) is 84.5 Å². The molecule has 0 aliphatic heterocycles.